The van der Waals surface area contributed by atoms with E-state index in [4.69, 9.17) is 9.47 Å². The summed E-state index contributed by atoms with van der Waals surface area (Å²) in [5, 5.41) is 2.49. The molecule has 0 unspecified atom stereocenters. The largest absolute Gasteiger partial charge is 0.454 e. The molecule has 104 valence electrons. The molecule has 0 spiro atoms. The molecular weight excluding hydrogens is 240 g/mol. The fourth-order valence-electron chi connectivity index (χ4n) is 3.01. The number of likely N-dealkylation sites (tertiary alicyclic amines) is 1. The maximum Gasteiger partial charge on any atom is 0.231 e. The molecule has 3 rings (SSSR count). The zero-order valence-electron chi connectivity index (χ0n) is 11.7. The van der Waals surface area contributed by atoms with Gasteiger partial charge in [-0.2, -0.15) is 0 Å². The second kappa shape index (κ2) is 5.80. The monoisotopic (exact) mass is 264 g/mol. The molecule has 1 aromatic carbocycles. The minimum absolute atomic E-state index is 0.362. The number of hydrogen-bond donors (Lipinski definition) is 2. The predicted octanol–water partition coefficient (Wildman–Crippen LogP) is -0.454. The van der Waals surface area contributed by atoms with Gasteiger partial charge in [-0.15, -0.1) is 0 Å². The Morgan fingerprint density at radius 3 is 2.79 bits per heavy atom. The molecule has 0 atom stereocenters. The maximum absolute atomic E-state index is 5.42. The molecule has 2 heterocycles. The van der Waals surface area contributed by atoms with E-state index in [1.807, 2.05) is 6.07 Å². The third kappa shape index (κ3) is 3.01. The van der Waals surface area contributed by atoms with Crippen molar-refractivity contribution in [2.24, 2.45) is 0 Å². The zero-order valence-corrected chi connectivity index (χ0v) is 11.7. The van der Waals surface area contributed by atoms with E-state index in [2.05, 4.69) is 24.4 Å². The van der Waals surface area contributed by atoms with Crippen molar-refractivity contribution in [3.63, 3.8) is 0 Å². The van der Waals surface area contributed by atoms with Crippen molar-refractivity contribution in [3.05, 3.63) is 23.8 Å². The van der Waals surface area contributed by atoms with Crippen LogP contribution in [0.3, 0.4) is 0 Å². The molecule has 4 heteroatoms. The topological polar surface area (TPSA) is 39.5 Å². The van der Waals surface area contributed by atoms with Gasteiger partial charge in [-0.05, 0) is 25.1 Å². The molecule has 1 aromatic rings. The van der Waals surface area contributed by atoms with Crippen LogP contribution in [0.5, 0.6) is 11.5 Å². The van der Waals surface area contributed by atoms with Crippen LogP contribution in [0.2, 0.25) is 0 Å². The van der Waals surface area contributed by atoms with E-state index >= 15 is 0 Å². The van der Waals surface area contributed by atoms with Gasteiger partial charge < -0.3 is 19.7 Å². The van der Waals surface area contributed by atoms with Gasteiger partial charge in [0.1, 0.15) is 6.54 Å². The van der Waals surface area contributed by atoms with E-state index in [-0.39, 0.29) is 0 Å². The average molecular weight is 264 g/mol. The Kier molecular flexibility index (Phi) is 3.89. The number of fused-ring (bicyclic) bond motifs is 1. The van der Waals surface area contributed by atoms with E-state index in [1.54, 1.807) is 4.90 Å². The SMILES string of the molecule is CC[NH+]1CCC([NH2+]Cc2ccc3c(c2)OCO3)CC1. The van der Waals surface area contributed by atoms with Crippen LogP contribution in [-0.4, -0.2) is 32.5 Å². The van der Waals surface area contributed by atoms with E-state index in [0.717, 1.165) is 24.1 Å². The van der Waals surface area contributed by atoms with Gasteiger partial charge in [0.2, 0.25) is 6.79 Å². The molecule has 0 radical (unpaired) electrons. The third-order valence-corrected chi connectivity index (χ3v) is 4.36. The molecule has 0 amide bonds. The first-order valence-corrected chi connectivity index (χ1v) is 7.40. The van der Waals surface area contributed by atoms with Crippen LogP contribution in [0.15, 0.2) is 18.2 Å². The van der Waals surface area contributed by atoms with Gasteiger partial charge in [-0.3, -0.25) is 0 Å². The minimum atomic E-state index is 0.362. The molecule has 1 fully saturated rings. The molecular formula is C15H24N2O2+2. The summed E-state index contributed by atoms with van der Waals surface area (Å²) in [6, 6.07) is 7.08. The van der Waals surface area contributed by atoms with Gasteiger partial charge in [-0.1, -0.05) is 0 Å². The van der Waals surface area contributed by atoms with Crippen molar-refractivity contribution in [2.45, 2.75) is 32.4 Å². The minimum Gasteiger partial charge on any atom is -0.454 e. The van der Waals surface area contributed by atoms with Gasteiger partial charge in [0.05, 0.1) is 25.7 Å². The Hall–Kier alpha value is -1.26. The van der Waals surface area contributed by atoms with Crippen LogP contribution in [-0.2, 0) is 6.54 Å². The molecule has 0 aromatic heterocycles. The first kappa shape index (κ1) is 12.8. The van der Waals surface area contributed by atoms with Crippen LogP contribution in [0.25, 0.3) is 0 Å². The lowest BCUT2D eigenvalue weighted by Gasteiger charge is -2.27. The van der Waals surface area contributed by atoms with Gasteiger partial charge in [0, 0.05) is 18.4 Å². The summed E-state index contributed by atoms with van der Waals surface area (Å²) in [5.41, 5.74) is 1.33. The normalized spacial score (nSPS) is 25.5. The number of rotatable bonds is 4. The fraction of sp³-hybridized carbons (Fsp3) is 0.600. The lowest BCUT2D eigenvalue weighted by molar-refractivity contribution is -0.912. The summed E-state index contributed by atoms with van der Waals surface area (Å²) in [7, 11) is 0. The number of quaternary nitrogens is 2. The standard InChI is InChI=1S/C15H22N2O2/c1-2-17-7-5-13(6-8-17)16-10-12-3-4-14-15(9-12)19-11-18-14/h3-4,9,13,16H,2,5-8,10-11H2,1H3/p+2. The van der Waals surface area contributed by atoms with Crippen LogP contribution in [0.1, 0.15) is 25.3 Å². The molecule has 4 nitrogen and oxygen atoms in total. The molecule has 0 bridgehead atoms. The first-order valence-electron chi connectivity index (χ1n) is 7.40. The van der Waals surface area contributed by atoms with Crippen molar-refractivity contribution in [3.8, 4) is 11.5 Å². The third-order valence-electron chi connectivity index (χ3n) is 4.36. The fourth-order valence-corrected chi connectivity index (χ4v) is 3.01. The average Bonchev–Trinajstić information content (AvgIpc) is 2.93. The van der Waals surface area contributed by atoms with Crippen molar-refractivity contribution >= 4 is 0 Å². The van der Waals surface area contributed by atoms with Crippen molar-refractivity contribution in [2.75, 3.05) is 26.4 Å². The summed E-state index contributed by atoms with van der Waals surface area (Å²) >= 11 is 0. The van der Waals surface area contributed by atoms with Gasteiger partial charge in [0.25, 0.3) is 0 Å². The van der Waals surface area contributed by atoms with Crippen LogP contribution < -0.4 is 19.7 Å². The van der Waals surface area contributed by atoms with Gasteiger partial charge >= 0.3 is 0 Å². The quantitative estimate of drug-likeness (QED) is 0.773. The molecule has 0 saturated carbocycles. The lowest BCUT2D eigenvalue weighted by Crippen LogP contribution is -3.14. The summed E-state index contributed by atoms with van der Waals surface area (Å²) in [4.78, 5) is 1.76. The number of nitrogens with one attached hydrogen (secondary N) is 1. The highest BCUT2D eigenvalue weighted by molar-refractivity contribution is 5.44. The predicted molar refractivity (Wildman–Crippen MR) is 72.5 cm³/mol. The number of hydrogen-bond acceptors (Lipinski definition) is 2. The highest BCUT2D eigenvalue weighted by atomic mass is 16.7. The second-order valence-electron chi connectivity index (χ2n) is 5.57. The van der Waals surface area contributed by atoms with E-state index < -0.39 is 0 Å². The summed E-state index contributed by atoms with van der Waals surface area (Å²) in [6.07, 6.45) is 2.68. The van der Waals surface area contributed by atoms with Crippen molar-refractivity contribution in [1.29, 1.82) is 0 Å². The Morgan fingerprint density at radius 1 is 1.21 bits per heavy atom. The molecule has 3 N–H and O–H groups in total. The van der Waals surface area contributed by atoms with Gasteiger partial charge in [-0.25, -0.2) is 0 Å². The Bertz CT molecular complexity index is 428. The van der Waals surface area contributed by atoms with Crippen LogP contribution in [0.4, 0.5) is 0 Å². The smallest absolute Gasteiger partial charge is 0.231 e. The van der Waals surface area contributed by atoms with Crippen molar-refractivity contribution in [1.82, 2.24) is 0 Å². The summed E-state index contributed by atoms with van der Waals surface area (Å²) in [6.45, 7) is 7.63. The van der Waals surface area contributed by atoms with Crippen LogP contribution >= 0.6 is 0 Å². The number of piperidine rings is 1. The molecule has 19 heavy (non-hydrogen) atoms. The summed E-state index contributed by atoms with van der Waals surface area (Å²) < 4.78 is 10.8. The highest BCUT2D eigenvalue weighted by Crippen LogP contribution is 2.32. The van der Waals surface area contributed by atoms with Crippen molar-refractivity contribution < 1.29 is 19.7 Å². The van der Waals surface area contributed by atoms with Gasteiger partial charge in [0.15, 0.2) is 11.5 Å². The first-order chi connectivity index (χ1) is 9.35. The summed E-state index contributed by atoms with van der Waals surface area (Å²) in [5.74, 6) is 1.78. The lowest BCUT2D eigenvalue weighted by atomic mass is 10.0. The molecule has 0 aliphatic carbocycles. The number of benzene rings is 1. The number of nitrogens with two attached hydrogens (primary N) is 1. The molecule has 1 saturated heterocycles. The Morgan fingerprint density at radius 2 is 2.00 bits per heavy atom. The molecule has 2 aliphatic rings. The Balaban J connectivity index is 1.50. The molecule has 2 aliphatic heterocycles. The van der Waals surface area contributed by atoms with Crippen LogP contribution in [0, 0.1) is 0 Å². The maximum atomic E-state index is 5.42. The van der Waals surface area contributed by atoms with E-state index in [1.165, 1.54) is 38.0 Å². The second-order valence-corrected chi connectivity index (χ2v) is 5.57. The Labute approximate surface area is 114 Å². The number of ether oxygens (including phenoxy) is 2. The highest BCUT2D eigenvalue weighted by Gasteiger charge is 2.23. The van der Waals surface area contributed by atoms with E-state index in [9.17, 15) is 0 Å². The van der Waals surface area contributed by atoms with E-state index in [0.29, 0.717) is 6.79 Å². The zero-order chi connectivity index (χ0) is 13.1.